The van der Waals surface area contributed by atoms with Crippen LogP contribution in [0.1, 0.15) is 25.5 Å². The van der Waals surface area contributed by atoms with Crippen LogP contribution in [0.3, 0.4) is 0 Å². The van der Waals surface area contributed by atoms with Gasteiger partial charge in [0, 0.05) is 13.1 Å². The molecule has 2 rings (SSSR count). The number of nitrogens with zero attached hydrogens (tertiary/aromatic N) is 3. The van der Waals surface area contributed by atoms with Gasteiger partial charge in [-0.25, -0.2) is 4.98 Å². The Kier molecular flexibility index (Phi) is 2.86. The minimum absolute atomic E-state index is 0.0465. The molecule has 1 N–H and O–H groups in total. The summed E-state index contributed by atoms with van der Waals surface area (Å²) in [4.78, 5) is 10.6. The molecule has 1 fully saturated rings. The number of anilines is 1. The second kappa shape index (κ2) is 4.14. The number of hydrogen-bond acceptors (Lipinski definition) is 4. The molecule has 82 valence electrons. The first-order valence-corrected chi connectivity index (χ1v) is 5.37. The van der Waals surface area contributed by atoms with Gasteiger partial charge >= 0.3 is 0 Å². The molecule has 0 aliphatic heterocycles. The van der Waals surface area contributed by atoms with Gasteiger partial charge in [0.25, 0.3) is 0 Å². The lowest BCUT2D eigenvalue weighted by Crippen LogP contribution is -2.31. The maximum atomic E-state index is 8.86. The Morgan fingerprint density at radius 2 is 2.20 bits per heavy atom. The molecule has 1 aromatic heterocycles. The Balaban J connectivity index is 2.07. The molecule has 1 unspecified atom stereocenters. The van der Waals surface area contributed by atoms with Gasteiger partial charge < -0.3 is 10.0 Å². The Bertz CT molecular complexity index is 321. The van der Waals surface area contributed by atoms with Crippen LogP contribution in [-0.4, -0.2) is 28.2 Å². The fraction of sp³-hybridized carbons (Fsp3) is 0.636. The molecule has 4 nitrogen and oxygen atoms in total. The highest BCUT2D eigenvalue weighted by molar-refractivity contribution is 5.36. The second-order valence-corrected chi connectivity index (χ2v) is 4.21. The van der Waals surface area contributed by atoms with Crippen LogP contribution >= 0.6 is 0 Å². The fourth-order valence-electron chi connectivity index (χ4n) is 1.72. The van der Waals surface area contributed by atoms with Crippen molar-refractivity contribution in [2.75, 3.05) is 11.9 Å². The smallest absolute Gasteiger partial charge is 0.147 e. The van der Waals surface area contributed by atoms with Crippen LogP contribution in [0.5, 0.6) is 0 Å². The highest BCUT2D eigenvalue weighted by Crippen LogP contribution is 2.35. The van der Waals surface area contributed by atoms with Crippen molar-refractivity contribution >= 4 is 5.82 Å². The van der Waals surface area contributed by atoms with Crippen LogP contribution in [0.4, 0.5) is 5.82 Å². The van der Waals surface area contributed by atoms with E-state index in [1.807, 2.05) is 7.05 Å². The molecule has 4 heteroatoms. The van der Waals surface area contributed by atoms with Gasteiger partial charge in [-0.15, -0.1) is 0 Å². The van der Waals surface area contributed by atoms with Crippen LogP contribution < -0.4 is 4.90 Å². The van der Waals surface area contributed by atoms with Crippen molar-refractivity contribution in [1.82, 2.24) is 9.97 Å². The molecule has 1 heterocycles. The summed E-state index contributed by atoms with van der Waals surface area (Å²) in [5.41, 5.74) is 0.617. The van der Waals surface area contributed by atoms with Crippen LogP contribution in [0.25, 0.3) is 0 Å². The standard InChI is InChI=1S/C11H17N3O/c1-8(9-3-4-9)14(2)11-6-12-10(7-15)5-13-11/h5-6,8-9,15H,3-4,7H2,1-2H3. The second-order valence-electron chi connectivity index (χ2n) is 4.21. The van der Waals surface area contributed by atoms with E-state index >= 15 is 0 Å². The summed E-state index contributed by atoms with van der Waals surface area (Å²) in [7, 11) is 2.05. The van der Waals surface area contributed by atoms with Gasteiger partial charge in [0.05, 0.1) is 24.7 Å². The lowest BCUT2D eigenvalue weighted by molar-refractivity contribution is 0.276. The molecule has 0 bridgehead atoms. The van der Waals surface area contributed by atoms with Crippen molar-refractivity contribution in [1.29, 1.82) is 0 Å². The average molecular weight is 207 g/mol. The van der Waals surface area contributed by atoms with E-state index in [2.05, 4.69) is 21.8 Å². The molecule has 1 aliphatic rings. The third kappa shape index (κ3) is 2.26. The van der Waals surface area contributed by atoms with Gasteiger partial charge in [-0.2, -0.15) is 0 Å². The zero-order valence-corrected chi connectivity index (χ0v) is 9.22. The Morgan fingerprint density at radius 3 is 2.67 bits per heavy atom. The van der Waals surface area contributed by atoms with Gasteiger partial charge in [-0.3, -0.25) is 4.98 Å². The normalized spacial score (nSPS) is 17.5. The molecule has 0 spiro atoms. The lowest BCUT2D eigenvalue weighted by Gasteiger charge is -2.25. The topological polar surface area (TPSA) is 49.2 Å². The maximum absolute atomic E-state index is 8.86. The van der Waals surface area contributed by atoms with Crippen molar-refractivity contribution < 1.29 is 5.11 Å². The van der Waals surface area contributed by atoms with E-state index < -0.39 is 0 Å². The molecule has 1 saturated carbocycles. The first-order chi connectivity index (χ1) is 7.22. The predicted octanol–water partition coefficient (Wildman–Crippen LogP) is 1.20. The average Bonchev–Trinajstić information content (AvgIpc) is 3.11. The number of aliphatic hydroxyl groups excluding tert-OH is 1. The predicted molar refractivity (Wildman–Crippen MR) is 58.5 cm³/mol. The van der Waals surface area contributed by atoms with E-state index in [9.17, 15) is 0 Å². The summed E-state index contributed by atoms with van der Waals surface area (Å²) in [5.74, 6) is 1.70. The zero-order valence-electron chi connectivity index (χ0n) is 9.22. The molecule has 1 aromatic rings. The fourth-order valence-corrected chi connectivity index (χ4v) is 1.72. The zero-order chi connectivity index (χ0) is 10.8. The highest BCUT2D eigenvalue weighted by atomic mass is 16.3. The van der Waals surface area contributed by atoms with Crippen molar-refractivity contribution in [3.8, 4) is 0 Å². The molecule has 1 atom stereocenters. The molecule has 0 radical (unpaired) electrons. The summed E-state index contributed by atoms with van der Waals surface area (Å²) < 4.78 is 0. The molecular weight excluding hydrogens is 190 g/mol. The Morgan fingerprint density at radius 1 is 1.47 bits per heavy atom. The molecule has 0 aromatic carbocycles. The van der Waals surface area contributed by atoms with Crippen molar-refractivity contribution in [2.24, 2.45) is 5.92 Å². The van der Waals surface area contributed by atoms with E-state index in [0.29, 0.717) is 11.7 Å². The Hall–Kier alpha value is -1.16. The molecule has 1 aliphatic carbocycles. The Labute approximate surface area is 90.0 Å². The third-order valence-corrected chi connectivity index (χ3v) is 3.13. The number of rotatable bonds is 4. The quantitative estimate of drug-likeness (QED) is 0.806. The van der Waals surface area contributed by atoms with Crippen LogP contribution in [-0.2, 0) is 6.61 Å². The van der Waals surface area contributed by atoms with Gasteiger partial charge in [-0.05, 0) is 25.7 Å². The van der Waals surface area contributed by atoms with Crippen LogP contribution in [0.2, 0.25) is 0 Å². The van der Waals surface area contributed by atoms with Gasteiger partial charge in [0.2, 0.25) is 0 Å². The lowest BCUT2D eigenvalue weighted by atomic mass is 10.2. The molecule has 0 saturated heterocycles. The molecular formula is C11H17N3O. The first-order valence-electron chi connectivity index (χ1n) is 5.37. The summed E-state index contributed by atoms with van der Waals surface area (Å²) >= 11 is 0. The van der Waals surface area contributed by atoms with Crippen molar-refractivity contribution in [3.63, 3.8) is 0 Å². The SMILES string of the molecule is CC(C1CC1)N(C)c1cnc(CO)cn1. The van der Waals surface area contributed by atoms with E-state index in [1.54, 1.807) is 12.4 Å². The first kappa shape index (κ1) is 10.4. The van der Waals surface area contributed by atoms with Crippen molar-refractivity contribution in [3.05, 3.63) is 18.1 Å². The van der Waals surface area contributed by atoms with Crippen LogP contribution in [0.15, 0.2) is 12.4 Å². The number of hydrogen-bond donors (Lipinski definition) is 1. The largest absolute Gasteiger partial charge is 0.390 e. The van der Waals surface area contributed by atoms with Gasteiger partial charge in [0.15, 0.2) is 0 Å². The minimum atomic E-state index is -0.0465. The minimum Gasteiger partial charge on any atom is -0.390 e. The van der Waals surface area contributed by atoms with Gasteiger partial charge in [0.1, 0.15) is 5.82 Å². The molecule has 15 heavy (non-hydrogen) atoms. The van der Waals surface area contributed by atoms with E-state index in [-0.39, 0.29) is 6.61 Å². The van der Waals surface area contributed by atoms with E-state index in [0.717, 1.165) is 11.7 Å². The van der Waals surface area contributed by atoms with E-state index in [1.165, 1.54) is 12.8 Å². The number of aliphatic hydroxyl groups is 1. The highest BCUT2D eigenvalue weighted by Gasteiger charge is 2.31. The van der Waals surface area contributed by atoms with Gasteiger partial charge in [-0.1, -0.05) is 0 Å². The monoisotopic (exact) mass is 207 g/mol. The summed E-state index contributed by atoms with van der Waals surface area (Å²) in [5, 5.41) is 8.86. The summed E-state index contributed by atoms with van der Waals surface area (Å²) in [6.45, 7) is 2.18. The summed E-state index contributed by atoms with van der Waals surface area (Å²) in [6, 6.07) is 0.527. The number of aromatic nitrogens is 2. The summed E-state index contributed by atoms with van der Waals surface area (Å²) in [6.07, 6.45) is 6.01. The van der Waals surface area contributed by atoms with Crippen molar-refractivity contribution in [2.45, 2.75) is 32.4 Å². The maximum Gasteiger partial charge on any atom is 0.147 e. The molecule has 0 amide bonds. The third-order valence-electron chi connectivity index (χ3n) is 3.13. The van der Waals surface area contributed by atoms with Crippen LogP contribution in [0, 0.1) is 5.92 Å². The van der Waals surface area contributed by atoms with E-state index in [4.69, 9.17) is 5.11 Å².